The Balaban J connectivity index is 1.20. The maximum Gasteiger partial charge on any atom is 0.573 e. The van der Waals surface area contributed by atoms with Crippen molar-refractivity contribution >= 4 is 21.9 Å². The van der Waals surface area contributed by atoms with E-state index in [2.05, 4.69) is 240 Å². The van der Waals surface area contributed by atoms with Gasteiger partial charge in [-0.15, -0.1) is 13.2 Å². The van der Waals surface area contributed by atoms with E-state index in [4.69, 9.17) is 4.98 Å². The molecule has 0 spiro atoms. The van der Waals surface area contributed by atoms with E-state index in [1.165, 1.54) is 51.1 Å². The summed E-state index contributed by atoms with van der Waals surface area (Å²) < 4.78 is 43.8. The van der Waals surface area contributed by atoms with Crippen molar-refractivity contribution in [2.75, 3.05) is 0 Å². The van der Waals surface area contributed by atoms with Crippen LogP contribution < -0.4 is 4.74 Å². The lowest BCUT2D eigenvalue weighted by atomic mass is 9.79. The molecule has 1 unspecified atom stereocenters. The number of nitrogens with zero attached hydrogens (tertiary/aromatic N) is 1. The van der Waals surface area contributed by atoms with E-state index < -0.39 is 6.36 Å². The van der Waals surface area contributed by atoms with Gasteiger partial charge in [0, 0.05) is 28.6 Å². The number of hydrogen-bond acceptors (Lipinski definition) is 2. The molecule has 0 amide bonds. The van der Waals surface area contributed by atoms with Crippen molar-refractivity contribution in [3.63, 3.8) is 0 Å². The standard InChI is InChI=1S/C74H72F3NO/c1-70(2,3)61-27-17-47(18-28-61)52-37-53(48-19-29-62(30-20-48)71(4,5)6)40-56(39-52)58-43-59(45-60(44-58)68-46-78-69(67-16-14-13-15-66(67)68)51-25-35-65(36-26-51)79-74(75,76)77)57-41-54(49-21-31-63(32-22-49)72(7,8)9)38-55(42-57)50-23-33-64(34-24-50)73(10,11)12/h13-37,39-46,54H,38H2,1-12H3. The number of fused-ring (bicyclic) bond motifs is 1. The molecule has 1 aliphatic rings. The summed E-state index contributed by atoms with van der Waals surface area (Å²) >= 11 is 0. The number of halogens is 3. The van der Waals surface area contributed by atoms with Gasteiger partial charge < -0.3 is 4.74 Å². The molecular formula is C74H72F3NO. The molecule has 1 aromatic heterocycles. The number of ether oxygens (including phenoxy) is 1. The predicted molar refractivity (Wildman–Crippen MR) is 327 cm³/mol. The molecule has 10 rings (SSSR count). The number of rotatable bonds is 9. The van der Waals surface area contributed by atoms with Crippen molar-refractivity contribution in [3.8, 4) is 61.5 Å². The van der Waals surface area contributed by atoms with Gasteiger partial charge in [-0.05, 0) is 183 Å². The highest BCUT2D eigenvalue weighted by Gasteiger charge is 2.31. The van der Waals surface area contributed by atoms with Crippen LogP contribution in [0.4, 0.5) is 13.2 Å². The lowest BCUT2D eigenvalue weighted by Gasteiger charge is -2.26. The van der Waals surface area contributed by atoms with Crippen molar-refractivity contribution in [1.29, 1.82) is 0 Å². The van der Waals surface area contributed by atoms with Crippen molar-refractivity contribution in [1.82, 2.24) is 4.98 Å². The Hall–Kier alpha value is -7.76. The normalized spacial score (nSPS) is 14.5. The fourth-order valence-electron chi connectivity index (χ4n) is 10.9. The van der Waals surface area contributed by atoms with Crippen molar-refractivity contribution in [3.05, 3.63) is 239 Å². The first kappa shape index (κ1) is 54.6. The van der Waals surface area contributed by atoms with Gasteiger partial charge in [0.2, 0.25) is 0 Å². The SMILES string of the molecule is CC(C)(C)c1ccc(C2=CC(c3cc(-c4cc(-c5ccc(C(C)(C)C)cc5)cc(-c5ccc(C(C)(C)C)cc5)c4)cc(-c4cnc(-c5ccc(OC(F)(F)F)cc5)c5ccccc45)c3)=CC(c3ccc(C(C)(C)C)cc3)C2)cc1. The highest BCUT2D eigenvalue weighted by atomic mass is 19.4. The second kappa shape index (κ2) is 20.8. The monoisotopic (exact) mass is 1050 g/mol. The molecule has 0 saturated heterocycles. The third-order valence-corrected chi connectivity index (χ3v) is 15.6. The predicted octanol–water partition coefficient (Wildman–Crippen LogP) is 21.3. The number of allylic oxidation sites excluding steroid dienone is 4. The average Bonchev–Trinajstić information content (AvgIpc) is 3.43. The van der Waals surface area contributed by atoms with Crippen LogP contribution in [0.2, 0.25) is 0 Å². The van der Waals surface area contributed by atoms with E-state index in [1.54, 1.807) is 12.1 Å². The van der Waals surface area contributed by atoms with Crippen LogP contribution in [0.5, 0.6) is 5.75 Å². The van der Waals surface area contributed by atoms with Gasteiger partial charge in [0.1, 0.15) is 5.75 Å². The molecule has 8 aromatic carbocycles. The fraction of sp³-hybridized carbons (Fsp3) is 0.257. The minimum atomic E-state index is -4.79. The number of pyridine rings is 1. The summed E-state index contributed by atoms with van der Waals surface area (Å²) in [5.74, 6) is -0.173. The summed E-state index contributed by atoms with van der Waals surface area (Å²) in [6, 6.07) is 64.5. The smallest absolute Gasteiger partial charge is 0.406 e. The summed E-state index contributed by atoms with van der Waals surface area (Å²) in [7, 11) is 0. The van der Waals surface area contributed by atoms with E-state index in [0.717, 1.165) is 72.8 Å². The van der Waals surface area contributed by atoms with Crippen LogP contribution in [-0.4, -0.2) is 11.3 Å². The first-order valence-electron chi connectivity index (χ1n) is 27.6. The van der Waals surface area contributed by atoms with Crippen LogP contribution in [0.15, 0.2) is 200 Å². The molecule has 5 heteroatoms. The lowest BCUT2D eigenvalue weighted by Crippen LogP contribution is -2.16. The molecule has 1 atom stereocenters. The molecule has 0 aliphatic heterocycles. The third kappa shape index (κ3) is 12.3. The topological polar surface area (TPSA) is 22.1 Å². The first-order valence-corrected chi connectivity index (χ1v) is 27.6. The molecule has 79 heavy (non-hydrogen) atoms. The van der Waals surface area contributed by atoms with Gasteiger partial charge >= 0.3 is 6.36 Å². The summed E-state index contributed by atoms with van der Waals surface area (Å²) in [4.78, 5) is 5.12. The Kier molecular flexibility index (Phi) is 14.4. The Bertz CT molecular complexity index is 3660. The van der Waals surface area contributed by atoms with Crippen LogP contribution in [0.25, 0.3) is 77.7 Å². The zero-order valence-electron chi connectivity index (χ0n) is 47.8. The van der Waals surface area contributed by atoms with Crippen LogP contribution >= 0.6 is 0 Å². The minimum absolute atomic E-state index is 0.0114. The maximum atomic E-state index is 13.2. The van der Waals surface area contributed by atoms with Crippen molar-refractivity contribution in [2.45, 2.75) is 123 Å². The molecule has 0 N–H and O–H groups in total. The fourth-order valence-corrected chi connectivity index (χ4v) is 10.9. The quantitative estimate of drug-likeness (QED) is 0.144. The molecule has 2 nitrogen and oxygen atoms in total. The highest BCUT2D eigenvalue weighted by molar-refractivity contribution is 6.04. The number of hydrogen-bond donors (Lipinski definition) is 0. The Labute approximate surface area is 466 Å². The zero-order valence-corrected chi connectivity index (χ0v) is 47.8. The summed E-state index contributed by atoms with van der Waals surface area (Å²) in [5.41, 5.74) is 21.2. The molecule has 400 valence electrons. The van der Waals surface area contributed by atoms with Gasteiger partial charge in [-0.25, -0.2) is 0 Å². The number of alkyl halides is 3. The Morgan fingerprint density at radius 1 is 0.405 bits per heavy atom. The Morgan fingerprint density at radius 2 is 0.797 bits per heavy atom. The van der Waals surface area contributed by atoms with Gasteiger partial charge in [0.05, 0.1) is 5.69 Å². The zero-order chi connectivity index (χ0) is 56.2. The molecule has 9 aromatic rings. The van der Waals surface area contributed by atoms with E-state index in [-0.39, 0.29) is 33.3 Å². The van der Waals surface area contributed by atoms with E-state index >= 15 is 0 Å². The molecule has 1 aliphatic carbocycles. The molecule has 0 saturated carbocycles. The Morgan fingerprint density at radius 3 is 1.27 bits per heavy atom. The van der Waals surface area contributed by atoms with Gasteiger partial charge in [-0.2, -0.15) is 0 Å². The molecule has 0 fully saturated rings. The van der Waals surface area contributed by atoms with E-state index in [0.29, 0.717) is 11.3 Å². The highest BCUT2D eigenvalue weighted by Crippen LogP contribution is 2.45. The van der Waals surface area contributed by atoms with Crippen LogP contribution in [0.1, 0.15) is 134 Å². The number of aromatic nitrogens is 1. The first-order chi connectivity index (χ1) is 37.2. The van der Waals surface area contributed by atoms with Crippen molar-refractivity contribution in [2.24, 2.45) is 0 Å². The number of benzene rings is 8. The maximum absolute atomic E-state index is 13.2. The summed E-state index contributed by atoms with van der Waals surface area (Å²) in [6.07, 6.45) is 2.84. The van der Waals surface area contributed by atoms with Crippen LogP contribution in [-0.2, 0) is 21.7 Å². The largest absolute Gasteiger partial charge is 0.573 e. The second-order valence-corrected chi connectivity index (χ2v) is 25.7. The third-order valence-electron chi connectivity index (χ3n) is 15.6. The second-order valence-electron chi connectivity index (χ2n) is 25.7. The van der Waals surface area contributed by atoms with Gasteiger partial charge in [0.15, 0.2) is 0 Å². The molecule has 1 heterocycles. The lowest BCUT2D eigenvalue weighted by molar-refractivity contribution is -0.274. The van der Waals surface area contributed by atoms with E-state index in [1.807, 2.05) is 24.4 Å². The minimum Gasteiger partial charge on any atom is -0.406 e. The molecule has 0 radical (unpaired) electrons. The van der Waals surface area contributed by atoms with Crippen LogP contribution in [0.3, 0.4) is 0 Å². The van der Waals surface area contributed by atoms with Crippen molar-refractivity contribution < 1.29 is 17.9 Å². The van der Waals surface area contributed by atoms with Crippen LogP contribution in [0, 0.1) is 0 Å². The summed E-state index contributed by atoms with van der Waals surface area (Å²) in [5, 5.41) is 1.86. The van der Waals surface area contributed by atoms with E-state index in [9.17, 15) is 13.2 Å². The van der Waals surface area contributed by atoms with Gasteiger partial charge in [-0.1, -0.05) is 217 Å². The van der Waals surface area contributed by atoms with Gasteiger partial charge in [0.25, 0.3) is 0 Å². The van der Waals surface area contributed by atoms with Gasteiger partial charge in [-0.3, -0.25) is 4.98 Å². The molecule has 0 bridgehead atoms. The molecular weight excluding hydrogens is 976 g/mol. The summed E-state index contributed by atoms with van der Waals surface area (Å²) in [6.45, 7) is 27.1. The average molecular weight is 1050 g/mol.